The maximum absolute atomic E-state index is 12.3. The van der Waals surface area contributed by atoms with Crippen molar-refractivity contribution in [3.8, 4) is 5.69 Å². The van der Waals surface area contributed by atoms with Gasteiger partial charge in [0.1, 0.15) is 5.56 Å². The third-order valence-electron chi connectivity index (χ3n) is 4.29. The van der Waals surface area contributed by atoms with Crippen LogP contribution in [0.5, 0.6) is 0 Å². The first-order chi connectivity index (χ1) is 14.4. The van der Waals surface area contributed by atoms with Gasteiger partial charge in [0.15, 0.2) is 0 Å². The van der Waals surface area contributed by atoms with Crippen LogP contribution in [0.3, 0.4) is 0 Å². The van der Waals surface area contributed by atoms with Crippen LogP contribution in [0.1, 0.15) is 43.7 Å². The van der Waals surface area contributed by atoms with E-state index in [1.54, 1.807) is 67.1 Å². The molecule has 154 valence electrons. The van der Waals surface area contributed by atoms with Crippen molar-refractivity contribution >= 4 is 33.7 Å². The predicted octanol–water partition coefficient (Wildman–Crippen LogP) is 3.19. The monoisotopic (exact) mass is 470 g/mol. The summed E-state index contributed by atoms with van der Waals surface area (Å²) in [5.41, 5.74) is 7.21. The van der Waals surface area contributed by atoms with E-state index in [1.807, 2.05) is 0 Å². The summed E-state index contributed by atoms with van der Waals surface area (Å²) in [4.78, 5) is 36.4. The summed E-state index contributed by atoms with van der Waals surface area (Å²) in [7, 11) is 0. The van der Waals surface area contributed by atoms with Crippen LogP contribution in [-0.2, 0) is 4.74 Å². The molecule has 1 aromatic heterocycles. The zero-order chi connectivity index (χ0) is 21.7. The molecule has 0 saturated heterocycles. The molecule has 2 aromatic carbocycles. The molecule has 0 aliphatic heterocycles. The molecule has 30 heavy (non-hydrogen) atoms. The number of ether oxygens (including phenoxy) is 1. The van der Waals surface area contributed by atoms with Gasteiger partial charge in [-0.2, -0.15) is 5.10 Å². The quantitative estimate of drug-likeness (QED) is 0.440. The van der Waals surface area contributed by atoms with Gasteiger partial charge in [-0.1, -0.05) is 12.1 Å². The van der Waals surface area contributed by atoms with E-state index in [2.05, 4.69) is 31.9 Å². The second-order valence-corrected chi connectivity index (χ2v) is 7.07. The van der Waals surface area contributed by atoms with Crippen molar-refractivity contribution < 1.29 is 19.1 Å². The van der Waals surface area contributed by atoms with Crippen molar-refractivity contribution in [3.63, 3.8) is 0 Å². The van der Waals surface area contributed by atoms with Crippen molar-refractivity contribution in [3.05, 3.63) is 81.6 Å². The molecule has 2 amide bonds. The molecule has 8 nitrogen and oxygen atoms in total. The van der Waals surface area contributed by atoms with Gasteiger partial charge in [-0.15, -0.1) is 0 Å². The standard InChI is InChI=1S/C21H19BrN4O4/c1-3-30-21(29)17-12-23-26(13(17)2)15-10-8-14(9-11-15)19(27)24-25-20(28)16-6-4-5-7-18(16)22/h4-12H,3H2,1-2H3,(H,24,27)(H,25,28). The largest absolute Gasteiger partial charge is 0.462 e. The van der Waals surface area contributed by atoms with Crippen molar-refractivity contribution in [1.29, 1.82) is 0 Å². The lowest BCUT2D eigenvalue weighted by molar-refractivity contribution is 0.0525. The van der Waals surface area contributed by atoms with Crippen LogP contribution in [0, 0.1) is 6.92 Å². The van der Waals surface area contributed by atoms with E-state index >= 15 is 0 Å². The third kappa shape index (κ3) is 4.57. The number of halogens is 1. The van der Waals surface area contributed by atoms with Gasteiger partial charge in [0.2, 0.25) is 0 Å². The lowest BCUT2D eigenvalue weighted by Gasteiger charge is -2.10. The fraction of sp³-hybridized carbons (Fsp3) is 0.143. The fourth-order valence-corrected chi connectivity index (χ4v) is 3.20. The van der Waals surface area contributed by atoms with Crippen molar-refractivity contribution in [2.45, 2.75) is 13.8 Å². The van der Waals surface area contributed by atoms with E-state index in [-0.39, 0.29) is 6.61 Å². The normalized spacial score (nSPS) is 10.4. The highest BCUT2D eigenvalue weighted by Gasteiger charge is 2.16. The summed E-state index contributed by atoms with van der Waals surface area (Å²) in [5, 5.41) is 4.22. The summed E-state index contributed by atoms with van der Waals surface area (Å²) >= 11 is 3.29. The lowest BCUT2D eigenvalue weighted by atomic mass is 10.2. The number of benzene rings is 2. The number of rotatable bonds is 5. The van der Waals surface area contributed by atoms with Gasteiger partial charge in [0.05, 0.1) is 29.7 Å². The van der Waals surface area contributed by atoms with Gasteiger partial charge in [-0.3, -0.25) is 20.4 Å². The Labute approximate surface area is 181 Å². The zero-order valence-electron chi connectivity index (χ0n) is 16.3. The summed E-state index contributed by atoms with van der Waals surface area (Å²) in [6.45, 7) is 3.78. The van der Waals surface area contributed by atoms with E-state index in [4.69, 9.17) is 4.74 Å². The molecule has 0 atom stereocenters. The Kier molecular flexibility index (Phi) is 6.63. The summed E-state index contributed by atoms with van der Waals surface area (Å²) in [5.74, 6) is -1.34. The number of amides is 2. The Balaban J connectivity index is 1.67. The molecule has 3 rings (SSSR count). The fourth-order valence-electron chi connectivity index (χ4n) is 2.73. The predicted molar refractivity (Wildman–Crippen MR) is 113 cm³/mol. The molecular formula is C21H19BrN4O4. The molecule has 0 unspecified atom stereocenters. The Morgan fingerprint density at radius 1 is 1.00 bits per heavy atom. The number of nitrogens with zero attached hydrogens (tertiary/aromatic N) is 2. The molecule has 0 aliphatic carbocycles. The third-order valence-corrected chi connectivity index (χ3v) is 4.98. The first kappa shape index (κ1) is 21.3. The van der Waals surface area contributed by atoms with E-state index in [0.29, 0.717) is 32.5 Å². The van der Waals surface area contributed by atoms with Crippen LogP contribution >= 0.6 is 15.9 Å². The molecule has 0 fully saturated rings. The van der Waals surface area contributed by atoms with Gasteiger partial charge < -0.3 is 4.74 Å². The number of hydrogen-bond donors (Lipinski definition) is 2. The van der Waals surface area contributed by atoms with Crippen LogP contribution < -0.4 is 10.9 Å². The number of carbonyl (C=O) groups is 3. The smallest absolute Gasteiger partial charge is 0.341 e. The second-order valence-electron chi connectivity index (χ2n) is 6.21. The van der Waals surface area contributed by atoms with E-state index < -0.39 is 17.8 Å². The summed E-state index contributed by atoms with van der Waals surface area (Å²) in [6.07, 6.45) is 1.45. The Hall–Kier alpha value is -3.46. The summed E-state index contributed by atoms with van der Waals surface area (Å²) in [6, 6.07) is 13.5. The number of nitrogens with one attached hydrogen (secondary N) is 2. The minimum atomic E-state index is -0.466. The van der Waals surface area contributed by atoms with Crippen LogP contribution in [0.25, 0.3) is 5.69 Å². The molecule has 1 heterocycles. The average Bonchev–Trinajstić information content (AvgIpc) is 3.14. The number of carbonyl (C=O) groups excluding carboxylic acids is 3. The van der Waals surface area contributed by atoms with Gasteiger partial charge >= 0.3 is 5.97 Å². The maximum Gasteiger partial charge on any atom is 0.341 e. The number of hydrogen-bond acceptors (Lipinski definition) is 5. The first-order valence-electron chi connectivity index (χ1n) is 9.09. The molecule has 0 radical (unpaired) electrons. The van der Waals surface area contributed by atoms with Crippen molar-refractivity contribution in [1.82, 2.24) is 20.6 Å². The van der Waals surface area contributed by atoms with Crippen molar-refractivity contribution in [2.24, 2.45) is 0 Å². The average molecular weight is 471 g/mol. The Bertz CT molecular complexity index is 1090. The lowest BCUT2D eigenvalue weighted by Crippen LogP contribution is -2.41. The highest BCUT2D eigenvalue weighted by Crippen LogP contribution is 2.17. The van der Waals surface area contributed by atoms with Crippen LogP contribution in [0.4, 0.5) is 0 Å². The molecule has 0 bridgehead atoms. The van der Waals surface area contributed by atoms with Gasteiger partial charge in [0, 0.05) is 10.0 Å². The van der Waals surface area contributed by atoms with E-state index in [0.717, 1.165) is 0 Å². The molecule has 0 saturated carbocycles. The van der Waals surface area contributed by atoms with Gasteiger partial charge in [-0.25, -0.2) is 9.48 Å². The molecule has 2 N–H and O–H groups in total. The van der Waals surface area contributed by atoms with Crippen LogP contribution in [-0.4, -0.2) is 34.2 Å². The SMILES string of the molecule is CCOC(=O)c1cnn(-c2ccc(C(=O)NNC(=O)c3ccccc3Br)cc2)c1C. The maximum atomic E-state index is 12.3. The zero-order valence-corrected chi connectivity index (χ0v) is 17.9. The van der Waals surface area contributed by atoms with Gasteiger partial charge in [0.25, 0.3) is 11.8 Å². The van der Waals surface area contributed by atoms with Gasteiger partial charge in [-0.05, 0) is 66.2 Å². The first-order valence-corrected chi connectivity index (χ1v) is 9.89. The molecule has 3 aromatic rings. The van der Waals surface area contributed by atoms with Crippen LogP contribution in [0.15, 0.2) is 59.2 Å². The Morgan fingerprint density at radius 3 is 2.33 bits per heavy atom. The molecule has 0 spiro atoms. The highest BCUT2D eigenvalue weighted by molar-refractivity contribution is 9.10. The van der Waals surface area contributed by atoms with Crippen molar-refractivity contribution in [2.75, 3.05) is 6.61 Å². The Morgan fingerprint density at radius 2 is 1.67 bits per heavy atom. The molecule has 9 heteroatoms. The molecular weight excluding hydrogens is 452 g/mol. The minimum absolute atomic E-state index is 0.283. The molecule has 0 aliphatic rings. The summed E-state index contributed by atoms with van der Waals surface area (Å²) < 4.78 is 7.22. The van der Waals surface area contributed by atoms with E-state index in [1.165, 1.54) is 6.20 Å². The topological polar surface area (TPSA) is 102 Å². The minimum Gasteiger partial charge on any atom is -0.462 e. The number of esters is 1. The van der Waals surface area contributed by atoms with Crippen LogP contribution in [0.2, 0.25) is 0 Å². The highest BCUT2D eigenvalue weighted by atomic mass is 79.9. The number of aromatic nitrogens is 2. The van der Waals surface area contributed by atoms with E-state index in [9.17, 15) is 14.4 Å². The second kappa shape index (κ2) is 9.36. The number of hydrazine groups is 1.